The number of hydrogen-bond acceptors (Lipinski definition) is 5. The molecule has 1 N–H and O–H groups in total. The van der Waals surface area contributed by atoms with Gasteiger partial charge in [0.15, 0.2) is 5.82 Å². The second-order valence-corrected chi connectivity index (χ2v) is 6.68. The maximum absolute atomic E-state index is 12.7. The molecule has 110 valence electrons. The van der Waals surface area contributed by atoms with Crippen molar-refractivity contribution >= 4 is 17.7 Å². The highest BCUT2D eigenvalue weighted by molar-refractivity contribution is 7.99. The summed E-state index contributed by atoms with van der Waals surface area (Å²) in [5, 5.41) is 2.90. The van der Waals surface area contributed by atoms with Crippen LogP contribution in [0.4, 0.5) is 4.39 Å². The van der Waals surface area contributed by atoms with E-state index in [0.717, 1.165) is 43.5 Å². The fourth-order valence-corrected chi connectivity index (χ4v) is 3.13. The summed E-state index contributed by atoms with van der Waals surface area (Å²) < 4.78 is 12.7. The van der Waals surface area contributed by atoms with E-state index in [1.165, 1.54) is 0 Å². The molecule has 20 heavy (non-hydrogen) atoms. The van der Waals surface area contributed by atoms with Crippen LogP contribution in [0.2, 0.25) is 0 Å². The summed E-state index contributed by atoms with van der Waals surface area (Å²) in [4.78, 5) is 21.8. The lowest BCUT2D eigenvalue weighted by atomic mass is 10.0. The summed E-state index contributed by atoms with van der Waals surface area (Å²) in [6, 6.07) is 0. The zero-order valence-electron chi connectivity index (χ0n) is 11.7. The third kappa shape index (κ3) is 4.42. The maximum Gasteiger partial charge on any atom is 0.289 e. The van der Waals surface area contributed by atoms with Crippen LogP contribution in [0.3, 0.4) is 0 Å². The molecule has 0 saturated carbocycles. The molecule has 0 bridgehead atoms. The Bertz CT molecular complexity index is 460. The first kappa shape index (κ1) is 15.2. The molecule has 1 aromatic heterocycles. The van der Waals surface area contributed by atoms with E-state index in [2.05, 4.69) is 20.2 Å². The zero-order valence-corrected chi connectivity index (χ0v) is 12.5. The van der Waals surface area contributed by atoms with Crippen LogP contribution in [0.1, 0.15) is 24.5 Å². The smallest absolute Gasteiger partial charge is 0.289 e. The number of nitrogens with zero attached hydrogens (tertiary/aromatic N) is 3. The van der Waals surface area contributed by atoms with Gasteiger partial charge in [-0.05, 0) is 13.8 Å². The molecule has 1 aliphatic heterocycles. The first-order valence-corrected chi connectivity index (χ1v) is 7.72. The van der Waals surface area contributed by atoms with Crippen LogP contribution in [0.25, 0.3) is 0 Å². The van der Waals surface area contributed by atoms with Gasteiger partial charge in [0, 0.05) is 36.7 Å². The van der Waals surface area contributed by atoms with Crippen LogP contribution >= 0.6 is 11.8 Å². The minimum absolute atomic E-state index is 0.00586. The van der Waals surface area contributed by atoms with E-state index in [4.69, 9.17) is 0 Å². The highest BCUT2D eigenvalue weighted by Crippen LogP contribution is 2.13. The van der Waals surface area contributed by atoms with Crippen molar-refractivity contribution in [2.45, 2.75) is 19.4 Å². The van der Waals surface area contributed by atoms with Gasteiger partial charge in [0.1, 0.15) is 0 Å². The van der Waals surface area contributed by atoms with Crippen molar-refractivity contribution in [3.05, 3.63) is 24.0 Å². The number of thioether (sulfide) groups is 1. The first-order valence-electron chi connectivity index (χ1n) is 6.56. The molecule has 1 saturated heterocycles. The Kier molecular flexibility index (Phi) is 4.93. The Morgan fingerprint density at radius 3 is 2.60 bits per heavy atom. The minimum Gasteiger partial charge on any atom is -0.343 e. The molecule has 1 aliphatic rings. The molecule has 2 heterocycles. The van der Waals surface area contributed by atoms with E-state index < -0.39 is 5.82 Å². The Balaban J connectivity index is 1.92. The second kappa shape index (κ2) is 6.49. The molecule has 0 aliphatic carbocycles. The average molecular weight is 298 g/mol. The second-order valence-electron chi connectivity index (χ2n) is 5.45. The third-order valence-corrected chi connectivity index (χ3v) is 3.94. The summed E-state index contributed by atoms with van der Waals surface area (Å²) >= 11 is 1.95. The van der Waals surface area contributed by atoms with Crippen molar-refractivity contribution in [2.24, 2.45) is 0 Å². The van der Waals surface area contributed by atoms with Gasteiger partial charge in [-0.15, -0.1) is 0 Å². The van der Waals surface area contributed by atoms with E-state index in [1.807, 2.05) is 25.6 Å². The third-order valence-electron chi connectivity index (χ3n) is 3.00. The Hall–Kier alpha value is -1.21. The normalized spacial score (nSPS) is 16.9. The number of amides is 1. The predicted octanol–water partition coefficient (Wildman–Crippen LogP) is 1.17. The summed E-state index contributed by atoms with van der Waals surface area (Å²) in [6.45, 7) is 6.79. The fourth-order valence-electron chi connectivity index (χ4n) is 2.15. The summed E-state index contributed by atoms with van der Waals surface area (Å²) in [5.74, 6) is 1.33. The van der Waals surface area contributed by atoms with Crippen molar-refractivity contribution in [1.29, 1.82) is 0 Å². The maximum atomic E-state index is 12.7. The highest BCUT2D eigenvalue weighted by Gasteiger charge is 2.26. The predicted molar refractivity (Wildman–Crippen MR) is 77.3 cm³/mol. The SMILES string of the molecule is CC(C)(CN1CCSCC1)NC(=O)c1ncc(F)cn1. The number of halogens is 1. The van der Waals surface area contributed by atoms with Gasteiger partial charge < -0.3 is 5.32 Å². The largest absolute Gasteiger partial charge is 0.343 e. The fraction of sp³-hybridized carbons (Fsp3) is 0.615. The number of carbonyl (C=O) groups excluding carboxylic acids is 1. The summed E-state index contributed by atoms with van der Waals surface area (Å²) in [7, 11) is 0. The quantitative estimate of drug-likeness (QED) is 0.904. The molecular formula is C13H19FN4OS. The van der Waals surface area contributed by atoms with E-state index in [0.29, 0.717) is 0 Å². The molecule has 0 aromatic carbocycles. The van der Waals surface area contributed by atoms with Crippen molar-refractivity contribution in [2.75, 3.05) is 31.1 Å². The van der Waals surface area contributed by atoms with Gasteiger partial charge in [-0.25, -0.2) is 14.4 Å². The highest BCUT2D eigenvalue weighted by atomic mass is 32.2. The molecule has 0 spiro atoms. The van der Waals surface area contributed by atoms with Gasteiger partial charge in [0.2, 0.25) is 5.82 Å². The van der Waals surface area contributed by atoms with Crippen molar-refractivity contribution < 1.29 is 9.18 Å². The van der Waals surface area contributed by atoms with E-state index in [9.17, 15) is 9.18 Å². The molecule has 1 aromatic rings. The lowest BCUT2D eigenvalue weighted by Gasteiger charge is -2.35. The van der Waals surface area contributed by atoms with Crippen LogP contribution in [0.15, 0.2) is 12.4 Å². The molecule has 1 fully saturated rings. The minimum atomic E-state index is -0.549. The van der Waals surface area contributed by atoms with Gasteiger partial charge in [0.05, 0.1) is 12.4 Å². The van der Waals surface area contributed by atoms with Crippen molar-refractivity contribution in [3.63, 3.8) is 0 Å². The van der Waals surface area contributed by atoms with Gasteiger partial charge in [-0.3, -0.25) is 9.69 Å². The van der Waals surface area contributed by atoms with Crippen LogP contribution in [0.5, 0.6) is 0 Å². The number of aromatic nitrogens is 2. The first-order chi connectivity index (χ1) is 9.46. The van der Waals surface area contributed by atoms with Crippen LogP contribution < -0.4 is 5.32 Å². The molecule has 5 nitrogen and oxygen atoms in total. The number of rotatable bonds is 4. The van der Waals surface area contributed by atoms with Crippen LogP contribution in [-0.2, 0) is 0 Å². The average Bonchev–Trinajstić information content (AvgIpc) is 2.39. The lowest BCUT2D eigenvalue weighted by Crippen LogP contribution is -2.53. The van der Waals surface area contributed by atoms with E-state index in [-0.39, 0.29) is 17.3 Å². The van der Waals surface area contributed by atoms with Gasteiger partial charge in [0.25, 0.3) is 5.91 Å². The molecule has 1 amide bonds. The Morgan fingerprint density at radius 2 is 2.00 bits per heavy atom. The number of nitrogens with one attached hydrogen (secondary N) is 1. The van der Waals surface area contributed by atoms with Crippen LogP contribution in [-0.4, -0.2) is 57.5 Å². The monoisotopic (exact) mass is 298 g/mol. The molecular weight excluding hydrogens is 279 g/mol. The van der Waals surface area contributed by atoms with Crippen molar-refractivity contribution in [1.82, 2.24) is 20.2 Å². The summed E-state index contributed by atoms with van der Waals surface area (Å²) in [6.07, 6.45) is 1.99. The van der Waals surface area contributed by atoms with Crippen molar-refractivity contribution in [3.8, 4) is 0 Å². The topological polar surface area (TPSA) is 58.1 Å². The number of carbonyl (C=O) groups is 1. The Labute approximate surface area is 122 Å². The lowest BCUT2D eigenvalue weighted by molar-refractivity contribution is 0.0879. The molecule has 0 radical (unpaired) electrons. The van der Waals surface area contributed by atoms with Crippen LogP contribution in [0, 0.1) is 5.82 Å². The number of hydrogen-bond donors (Lipinski definition) is 1. The van der Waals surface area contributed by atoms with Gasteiger partial charge in [-0.2, -0.15) is 11.8 Å². The summed E-state index contributed by atoms with van der Waals surface area (Å²) in [5.41, 5.74) is -0.378. The standard InChI is InChI=1S/C13H19FN4OS/c1-13(2,9-18-3-5-20-6-4-18)17-12(19)11-15-7-10(14)8-16-11/h7-8H,3-6,9H2,1-2H3,(H,17,19). The zero-order chi connectivity index (χ0) is 14.6. The Morgan fingerprint density at radius 1 is 1.40 bits per heavy atom. The molecule has 7 heteroatoms. The molecule has 0 unspecified atom stereocenters. The van der Waals surface area contributed by atoms with E-state index in [1.54, 1.807) is 0 Å². The van der Waals surface area contributed by atoms with Gasteiger partial charge >= 0.3 is 0 Å². The van der Waals surface area contributed by atoms with Gasteiger partial charge in [-0.1, -0.05) is 0 Å². The molecule has 2 rings (SSSR count). The van der Waals surface area contributed by atoms with E-state index >= 15 is 0 Å². The molecule has 0 atom stereocenters.